The SMILES string of the molecule is CC/C=C\C/C=C\C/C=C\C/C=C\C/C=C\C/C=C\CCC(=O)OCC(COC(=O)CCCCCCCCCCCCCC)OC(=O)CCC/C=C\C/C=C\C/C=C\C/C=C\CCCCC. The first kappa shape index (κ1) is 61.8. The van der Waals surface area contributed by atoms with Crippen molar-refractivity contribution < 1.29 is 28.6 Å². The lowest BCUT2D eigenvalue weighted by Gasteiger charge is -2.18. The molecule has 0 heterocycles. The number of carbonyl (C=O) groups excluding carboxylic acids is 3. The zero-order valence-corrected chi connectivity index (χ0v) is 42.4. The Hall–Kier alpha value is -4.19. The molecule has 0 rings (SSSR count). The summed E-state index contributed by atoms with van der Waals surface area (Å²) < 4.78 is 16.7. The molecular formula is C60H96O6. The third-order valence-electron chi connectivity index (χ3n) is 10.7. The Balaban J connectivity index is 4.60. The summed E-state index contributed by atoms with van der Waals surface area (Å²) in [4.78, 5) is 38.0. The second kappa shape index (κ2) is 53.4. The maximum atomic E-state index is 12.8. The highest BCUT2D eigenvalue weighted by molar-refractivity contribution is 5.71. The van der Waals surface area contributed by atoms with E-state index in [1.165, 1.54) is 83.5 Å². The Morgan fingerprint density at radius 1 is 0.318 bits per heavy atom. The number of unbranched alkanes of at least 4 members (excludes halogenated alkanes) is 15. The number of allylic oxidation sites excluding steroid dienone is 20. The van der Waals surface area contributed by atoms with Crippen LogP contribution >= 0.6 is 0 Å². The van der Waals surface area contributed by atoms with E-state index in [0.29, 0.717) is 19.3 Å². The highest BCUT2D eigenvalue weighted by atomic mass is 16.6. The van der Waals surface area contributed by atoms with Gasteiger partial charge in [0.05, 0.1) is 0 Å². The highest BCUT2D eigenvalue weighted by Crippen LogP contribution is 2.13. The Bertz CT molecular complexity index is 1420. The van der Waals surface area contributed by atoms with Crippen LogP contribution in [0.2, 0.25) is 0 Å². The van der Waals surface area contributed by atoms with E-state index in [2.05, 4.69) is 130 Å². The van der Waals surface area contributed by atoms with Gasteiger partial charge in [-0.25, -0.2) is 0 Å². The topological polar surface area (TPSA) is 78.9 Å². The predicted octanol–water partition coefficient (Wildman–Crippen LogP) is 17.7. The number of carbonyl (C=O) groups is 3. The molecule has 0 aromatic heterocycles. The molecule has 1 unspecified atom stereocenters. The molecule has 0 aromatic carbocycles. The van der Waals surface area contributed by atoms with Crippen molar-refractivity contribution in [2.24, 2.45) is 0 Å². The lowest BCUT2D eigenvalue weighted by molar-refractivity contribution is -0.166. The van der Waals surface area contributed by atoms with Crippen molar-refractivity contribution in [2.45, 2.75) is 226 Å². The van der Waals surface area contributed by atoms with Crippen molar-refractivity contribution in [1.29, 1.82) is 0 Å². The Morgan fingerprint density at radius 3 is 1.06 bits per heavy atom. The summed E-state index contributed by atoms with van der Waals surface area (Å²) in [6.07, 6.45) is 73.4. The lowest BCUT2D eigenvalue weighted by atomic mass is 10.0. The molecule has 0 fully saturated rings. The van der Waals surface area contributed by atoms with Gasteiger partial charge in [0, 0.05) is 19.3 Å². The number of ether oxygens (including phenoxy) is 3. The molecular weight excluding hydrogens is 817 g/mol. The van der Waals surface area contributed by atoms with Gasteiger partial charge in [0.1, 0.15) is 13.2 Å². The Morgan fingerprint density at radius 2 is 0.636 bits per heavy atom. The van der Waals surface area contributed by atoms with Gasteiger partial charge in [0.15, 0.2) is 6.10 Å². The molecule has 6 heteroatoms. The van der Waals surface area contributed by atoms with Gasteiger partial charge in [0.25, 0.3) is 0 Å². The van der Waals surface area contributed by atoms with Crippen LogP contribution in [-0.2, 0) is 28.6 Å². The van der Waals surface area contributed by atoms with Crippen molar-refractivity contribution in [3.05, 3.63) is 122 Å². The number of hydrogen-bond acceptors (Lipinski definition) is 6. The van der Waals surface area contributed by atoms with Crippen molar-refractivity contribution in [1.82, 2.24) is 0 Å². The van der Waals surface area contributed by atoms with Crippen LogP contribution in [0.4, 0.5) is 0 Å². The van der Waals surface area contributed by atoms with Crippen LogP contribution in [0.3, 0.4) is 0 Å². The molecule has 6 nitrogen and oxygen atoms in total. The van der Waals surface area contributed by atoms with E-state index >= 15 is 0 Å². The molecule has 0 aliphatic carbocycles. The summed E-state index contributed by atoms with van der Waals surface area (Å²) in [6.45, 7) is 6.37. The lowest BCUT2D eigenvalue weighted by Crippen LogP contribution is -2.30. The second-order valence-electron chi connectivity index (χ2n) is 17.1. The third kappa shape index (κ3) is 50.8. The van der Waals surface area contributed by atoms with Crippen LogP contribution in [0.1, 0.15) is 220 Å². The molecule has 0 radical (unpaired) electrons. The normalized spacial score (nSPS) is 13.1. The van der Waals surface area contributed by atoms with Gasteiger partial charge in [-0.2, -0.15) is 0 Å². The van der Waals surface area contributed by atoms with Gasteiger partial charge >= 0.3 is 17.9 Å². The zero-order valence-electron chi connectivity index (χ0n) is 42.4. The summed E-state index contributed by atoms with van der Waals surface area (Å²) in [7, 11) is 0. The van der Waals surface area contributed by atoms with E-state index in [9.17, 15) is 14.4 Å². The van der Waals surface area contributed by atoms with E-state index in [1.807, 2.05) is 12.2 Å². The summed E-state index contributed by atoms with van der Waals surface area (Å²) in [5.74, 6) is -1.08. The maximum Gasteiger partial charge on any atom is 0.306 e. The molecule has 0 amide bonds. The van der Waals surface area contributed by atoms with Crippen LogP contribution < -0.4 is 0 Å². The summed E-state index contributed by atoms with van der Waals surface area (Å²) >= 11 is 0. The van der Waals surface area contributed by atoms with Gasteiger partial charge in [-0.1, -0.05) is 226 Å². The second-order valence-corrected chi connectivity index (χ2v) is 17.1. The molecule has 372 valence electrons. The number of hydrogen-bond donors (Lipinski definition) is 0. The van der Waals surface area contributed by atoms with Crippen molar-refractivity contribution in [2.75, 3.05) is 13.2 Å². The largest absolute Gasteiger partial charge is 0.462 e. The van der Waals surface area contributed by atoms with Crippen molar-refractivity contribution >= 4 is 17.9 Å². The Kier molecular flexibility index (Phi) is 50.0. The van der Waals surface area contributed by atoms with E-state index in [-0.39, 0.29) is 44.0 Å². The number of rotatable bonds is 46. The zero-order chi connectivity index (χ0) is 47.9. The minimum Gasteiger partial charge on any atom is -0.462 e. The molecule has 0 saturated carbocycles. The van der Waals surface area contributed by atoms with Gasteiger partial charge in [0.2, 0.25) is 0 Å². The summed E-state index contributed by atoms with van der Waals surface area (Å²) in [6, 6.07) is 0. The van der Waals surface area contributed by atoms with Gasteiger partial charge in [-0.15, -0.1) is 0 Å². The predicted molar refractivity (Wildman–Crippen MR) is 283 cm³/mol. The molecule has 0 aromatic rings. The average Bonchev–Trinajstić information content (AvgIpc) is 3.31. The molecule has 0 saturated heterocycles. The van der Waals surface area contributed by atoms with Crippen LogP contribution in [0.25, 0.3) is 0 Å². The fourth-order valence-corrected chi connectivity index (χ4v) is 6.75. The van der Waals surface area contributed by atoms with Crippen LogP contribution in [-0.4, -0.2) is 37.2 Å². The maximum absolute atomic E-state index is 12.8. The third-order valence-corrected chi connectivity index (χ3v) is 10.7. The molecule has 0 aliphatic rings. The first-order chi connectivity index (χ1) is 32.5. The summed E-state index contributed by atoms with van der Waals surface area (Å²) in [5, 5.41) is 0. The standard InChI is InChI=1S/C60H96O6/c1-4-7-10-13-16-19-22-25-27-29-30-32-33-35-38-41-44-47-50-53-59(62)65-56-57(55-64-58(61)52-49-46-43-40-37-24-21-18-15-12-9-6-3)66-60(63)54-51-48-45-42-39-36-34-31-28-26-23-20-17-14-11-8-5-2/h7,10,16-17,19-20,25-28,30,32,34-36,38,42,44-45,47,57H,4-6,8-9,11-15,18,21-24,29,31,33,37,39-41,43,46,48-56H2,1-3H3/b10-7-,19-16-,20-17-,27-25-,28-26-,32-30-,36-34-,38-35-,45-42-,47-44-. The Labute approximate surface area is 405 Å². The van der Waals surface area contributed by atoms with Gasteiger partial charge in [-0.05, 0) is 96.3 Å². The van der Waals surface area contributed by atoms with E-state index < -0.39 is 6.10 Å². The monoisotopic (exact) mass is 913 g/mol. The molecule has 0 spiro atoms. The average molecular weight is 913 g/mol. The van der Waals surface area contributed by atoms with Gasteiger partial charge in [-0.3, -0.25) is 14.4 Å². The molecule has 66 heavy (non-hydrogen) atoms. The van der Waals surface area contributed by atoms with E-state index in [1.54, 1.807) is 0 Å². The first-order valence-corrected chi connectivity index (χ1v) is 26.5. The molecule has 0 N–H and O–H groups in total. The number of esters is 3. The molecule has 0 bridgehead atoms. The summed E-state index contributed by atoms with van der Waals surface area (Å²) in [5.41, 5.74) is 0. The minimum atomic E-state index is -0.838. The van der Waals surface area contributed by atoms with E-state index in [0.717, 1.165) is 83.5 Å². The quantitative estimate of drug-likeness (QED) is 0.0262. The van der Waals surface area contributed by atoms with Gasteiger partial charge < -0.3 is 14.2 Å². The van der Waals surface area contributed by atoms with E-state index in [4.69, 9.17) is 14.2 Å². The first-order valence-electron chi connectivity index (χ1n) is 26.5. The fourth-order valence-electron chi connectivity index (χ4n) is 6.75. The van der Waals surface area contributed by atoms with Crippen LogP contribution in [0.5, 0.6) is 0 Å². The van der Waals surface area contributed by atoms with Crippen LogP contribution in [0, 0.1) is 0 Å². The smallest absolute Gasteiger partial charge is 0.306 e. The fraction of sp³-hybridized carbons (Fsp3) is 0.617. The minimum absolute atomic E-state index is 0.125. The van der Waals surface area contributed by atoms with Crippen molar-refractivity contribution in [3.63, 3.8) is 0 Å². The molecule has 0 aliphatic heterocycles. The van der Waals surface area contributed by atoms with Crippen molar-refractivity contribution in [3.8, 4) is 0 Å². The highest BCUT2D eigenvalue weighted by Gasteiger charge is 2.19. The molecule has 1 atom stereocenters. The van der Waals surface area contributed by atoms with Crippen LogP contribution in [0.15, 0.2) is 122 Å².